The summed E-state index contributed by atoms with van der Waals surface area (Å²) in [5.41, 5.74) is 2.72. The molecule has 0 aromatic carbocycles. The van der Waals surface area contributed by atoms with Crippen LogP contribution in [0, 0.1) is 0 Å². The Kier molecular flexibility index (Phi) is 2.48. The molecule has 0 aliphatic carbocycles. The first-order chi connectivity index (χ1) is 4.34. The molecule has 0 N–H and O–H groups in total. The molecule has 1 rings (SSSR count). The van der Waals surface area contributed by atoms with Crippen molar-refractivity contribution in [2.24, 2.45) is 5.10 Å². The van der Waals surface area contributed by atoms with Crippen molar-refractivity contribution in [2.45, 2.75) is 4.71 Å². The maximum atomic E-state index is 4.97. The van der Waals surface area contributed by atoms with Gasteiger partial charge in [-0.05, 0) is 0 Å². The van der Waals surface area contributed by atoms with E-state index >= 15 is 0 Å². The third kappa shape index (κ3) is 1.66. The second-order valence-corrected chi connectivity index (χ2v) is 3.14. The van der Waals surface area contributed by atoms with Crippen molar-refractivity contribution in [1.82, 2.24) is 5.01 Å². The molecule has 2 nitrogen and oxygen atoms in total. The van der Waals surface area contributed by atoms with Gasteiger partial charge in [0, 0.05) is 0 Å². The molecule has 9 heavy (non-hydrogen) atoms. The second kappa shape index (κ2) is 3.17. The molecule has 0 spiro atoms. The number of rotatable bonds is 2. The Labute approximate surface area is 64.4 Å². The van der Waals surface area contributed by atoms with Gasteiger partial charge in [0.05, 0.1) is 6.54 Å². The predicted octanol–water partition coefficient (Wildman–Crippen LogP) is 1.52. The summed E-state index contributed by atoms with van der Waals surface area (Å²) in [5.74, 6) is 0. The average Bonchev–Trinajstić information content (AvgIpc) is 2.18. The molecule has 0 bridgehead atoms. The quantitative estimate of drug-likeness (QED) is 0.566. The highest BCUT2D eigenvalue weighted by atomic mass is 32.2. The number of nitrogens with zero attached hydrogens (tertiary/aromatic N) is 2. The van der Waals surface area contributed by atoms with Crippen molar-refractivity contribution < 1.29 is 0 Å². The molecule has 1 heterocycles. The Morgan fingerprint density at radius 1 is 2.00 bits per heavy atom. The molecular formula is C5H6N2S2. The fourth-order valence-corrected chi connectivity index (χ4v) is 1.25. The topological polar surface area (TPSA) is 15.6 Å². The van der Waals surface area contributed by atoms with Crippen LogP contribution < -0.4 is 0 Å². The van der Waals surface area contributed by atoms with Gasteiger partial charge in [-0.25, -0.2) is 0 Å². The van der Waals surface area contributed by atoms with Gasteiger partial charge < -0.3 is 0 Å². The monoisotopic (exact) mass is 158 g/mol. The minimum atomic E-state index is 0.0167. The molecule has 0 saturated heterocycles. The first kappa shape index (κ1) is 7.02. The van der Waals surface area contributed by atoms with Crippen molar-refractivity contribution >= 4 is 29.9 Å². The molecule has 0 saturated carbocycles. The summed E-state index contributed by atoms with van der Waals surface area (Å²) in [6.07, 6.45) is 1.77. The summed E-state index contributed by atoms with van der Waals surface area (Å²) in [6, 6.07) is 0. The average molecular weight is 158 g/mol. The van der Waals surface area contributed by atoms with E-state index in [1.54, 1.807) is 11.1 Å². The standard InChI is InChI=1S/C5H6N2S2/c1-2-3-7-5(8)9-4-6-7/h2,5H,1,3H2. The summed E-state index contributed by atoms with van der Waals surface area (Å²) in [6.45, 7) is 4.29. The van der Waals surface area contributed by atoms with Gasteiger partial charge in [-0.15, -0.1) is 6.58 Å². The molecule has 2 radical (unpaired) electrons. The maximum Gasteiger partial charge on any atom is 0.154 e. The van der Waals surface area contributed by atoms with Gasteiger partial charge in [-0.1, -0.05) is 30.5 Å². The van der Waals surface area contributed by atoms with Crippen LogP contribution in [-0.2, 0) is 0 Å². The molecule has 1 aliphatic rings. The van der Waals surface area contributed by atoms with Crippen LogP contribution >= 0.6 is 24.4 Å². The lowest BCUT2D eigenvalue weighted by Gasteiger charge is -2.14. The highest BCUT2D eigenvalue weighted by Gasteiger charge is 2.16. The van der Waals surface area contributed by atoms with E-state index < -0.39 is 0 Å². The minimum Gasteiger partial charge on any atom is -0.268 e. The Balaban J connectivity index is 2.39. The van der Waals surface area contributed by atoms with E-state index in [2.05, 4.69) is 17.2 Å². The van der Waals surface area contributed by atoms with Gasteiger partial charge in [-0.2, -0.15) is 5.10 Å². The van der Waals surface area contributed by atoms with E-state index in [-0.39, 0.29) is 4.71 Å². The summed E-state index contributed by atoms with van der Waals surface area (Å²) in [5, 5.41) is 5.63. The van der Waals surface area contributed by atoms with Gasteiger partial charge in [0.15, 0.2) is 10.3 Å². The van der Waals surface area contributed by atoms with E-state index in [0.717, 1.165) is 0 Å². The largest absolute Gasteiger partial charge is 0.268 e. The molecule has 0 aromatic heterocycles. The lowest BCUT2D eigenvalue weighted by molar-refractivity contribution is 0.369. The minimum absolute atomic E-state index is 0.0167. The number of hydrogen-bond donors (Lipinski definition) is 0. The van der Waals surface area contributed by atoms with Crippen molar-refractivity contribution in [3.05, 3.63) is 12.7 Å². The Hall–Kier alpha value is -0.0900. The number of hydrogen-bond acceptors (Lipinski definition) is 3. The molecule has 1 atom stereocenters. The van der Waals surface area contributed by atoms with Crippen LogP contribution in [-0.4, -0.2) is 21.8 Å². The summed E-state index contributed by atoms with van der Waals surface area (Å²) in [4.78, 5) is 0. The lowest BCUT2D eigenvalue weighted by atomic mass is 10.6. The highest BCUT2D eigenvalue weighted by Crippen LogP contribution is 2.22. The Morgan fingerprint density at radius 2 is 2.78 bits per heavy atom. The van der Waals surface area contributed by atoms with E-state index in [1.807, 2.05) is 0 Å². The van der Waals surface area contributed by atoms with Gasteiger partial charge in [0.25, 0.3) is 0 Å². The number of hydrazone groups is 1. The van der Waals surface area contributed by atoms with Gasteiger partial charge in [0.1, 0.15) is 0 Å². The van der Waals surface area contributed by atoms with E-state index in [0.29, 0.717) is 6.54 Å². The first-order valence-corrected chi connectivity index (χ1v) is 3.84. The third-order valence-electron chi connectivity index (χ3n) is 0.882. The van der Waals surface area contributed by atoms with Crippen LogP contribution in [0.2, 0.25) is 0 Å². The first-order valence-electron chi connectivity index (χ1n) is 2.49. The molecule has 0 aromatic rings. The van der Waals surface area contributed by atoms with Crippen molar-refractivity contribution in [3.63, 3.8) is 0 Å². The molecular weight excluding hydrogens is 152 g/mol. The lowest BCUT2D eigenvalue weighted by Crippen LogP contribution is -2.19. The van der Waals surface area contributed by atoms with Crippen molar-refractivity contribution in [3.8, 4) is 0 Å². The Morgan fingerprint density at radius 3 is 3.22 bits per heavy atom. The second-order valence-electron chi connectivity index (χ2n) is 1.53. The van der Waals surface area contributed by atoms with E-state index in [1.165, 1.54) is 11.8 Å². The smallest absolute Gasteiger partial charge is 0.154 e. The fourth-order valence-electron chi connectivity index (χ4n) is 0.488. The number of thioether (sulfide) groups is 1. The van der Waals surface area contributed by atoms with Crippen LogP contribution in [0.3, 0.4) is 0 Å². The zero-order chi connectivity index (χ0) is 6.69. The Bertz CT molecular complexity index is 135. The van der Waals surface area contributed by atoms with E-state index in [4.69, 9.17) is 12.6 Å². The summed E-state index contributed by atoms with van der Waals surface area (Å²) < 4.78 is 0.0167. The SMILES string of the molecule is C=CCN1N=[C]SC1[S]. The molecule has 1 unspecified atom stereocenters. The van der Waals surface area contributed by atoms with Crippen LogP contribution in [0.25, 0.3) is 0 Å². The predicted molar refractivity (Wildman–Crippen MR) is 43.3 cm³/mol. The van der Waals surface area contributed by atoms with Crippen LogP contribution in [0.4, 0.5) is 0 Å². The van der Waals surface area contributed by atoms with E-state index in [9.17, 15) is 0 Å². The molecule has 0 fully saturated rings. The molecule has 0 amide bonds. The zero-order valence-electron chi connectivity index (χ0n) is 4.78. The van der Waals surface area contributed by atoms with Crippen LogP contribution in [0.15, 0.2) is 17.8 Å². The zero-order valence-corrected chi connectivity index (χ0v) is 6.41. The molecule has 48 valence electrons. The van der Waals surface area contributed by atoms with Gasteiger partial charge >= 0.3 is 0 Å². The molecule has 1 aliphatic heterocycles. The van der Waals surface area contributed by atoms with Crippen LogP contribution in [0.5, 0.6) is 0 Å². The van der Waals surface area contributed by atoms with Crippen molar-refractivity contribution in [1.29, 1.82) is 0 Å². The third-order valence-corrected chi connectivity index (χ3v) is 2.05. The van der Waals surface area contributed by atoms with Gasteiger partial charge in [-0.3, -0.25) is 5.01 Å². The van der Waals surface area contributed by atoms with Crippen LogP contribution in [0.1, 0.15) is 0 Å². The van der Waals surface area contributed by atoms with Crippen molar-refractivity contribution in [2.75, 3.05) is 6.54 Å². The van der Waals surface area contributed by atoms with Gasteiger partial charge in [0.2, 0.25) is 0 Å². The normalized spacial score (nSPS) is 25.0. The fraction of sp³-hybridized carbons (Fsp3) is 0.400. The highest BCUT2D eigenvalue weighted by molar-refractivity contribution is 8.19. The maximum absolute atomic E-state index is 4.97. The summed E-state index contributed by atoms with van der Waals surface area (Å²) >= 11 is 6.40. The molecule has 4 heteroatoms. The summed E-state index contributed by atoms with van der Waals surface area (Å²) in [7, 11) is 0.